The van der Waals surface area contributed by atoms with Crippen molar-refractivity contribution in [3.63, 3.8) is 0 Å². The van der Waals surface area contributed by atoms with Crippen molar-refractivity contribution in [1.82, 2.24) is 4.98 Å². The second-order valence-corrected chi connectivity index (χ2v) is 4.67. The van der Waals surface area contributed by atoms with E-state index >= 15 is 0 Å². The van der Waals surface area contributed by atoms with Crippen LogP contribution in [0.4, 0.5) is 11.4 Å². The van der Waals surface area contributed by atoms with Crippen LogP contribution in [0.5, 0.6) is 0 Å². The summed E-state index contributed by atoms with van der Waals surface area (Å²) in [5, 5.41) is 2.80. The Morgan fingerprint density at radius 1 is 1.41 bits per heavy atom. The highest BCUT2D eigenvalue weighted by molar-refractivity contribution is 7.12. The Kier molecular flexibility index (Phi) is 3.10. The molecule has 4 nitrogen and oxygen atoms in total. The molecule has 0 fully saturated rings. The highest BCUT2D eigenvalue weighted by Crippen LogP contribution is 2.21. The van der Waals surface area contributed by atoms with Gasteiger partial charge in [0.1, 0.15) is 4.88 Å². The maximum atomic E-state index is 12.0. The van der Waals surface area contributed by atoms with Crippen LogP contribution in [0.1, 0.15) is 20.9 Å². The van der Waals surface area contributed by atoms with Gasteiger partial charge in [0.25, 0.3) is 5.91 Å². The van der Waals surface area contributed by atoms with Gasteiger partial charge in [-0.05, 0) is 31.5 Å². The summed E-state index contributed by atoms with van der Waals surface area (Å²) in [6, 6.07) is 5.54. The standard InChI is InChI=1S/C12H13N3OS/c1-7-3-4-9(13)10(5-7)15-12(16)11-8(2)14-6-17-11/h3-6H,13H2,1-2H3,(H,15,16). The van der Waals surface area contributed by atoms with E-state index in [4.69, 9.17) is 5.73 Å². The zero-order chi connectivity index (χ0) is 12.4. The van der Waals surface area contributed by atoms with Gasteiger partial charge >= 0.3 is 0 Å². The van der Waals surface area contributed by atoms with E-state index < -0.39 is 0 Å². The fourth-order valence-corrected chi connectivity index (χ4v) is 2.17. The number of rotatable bonds is 2. The third kappa shape index (κ3) is 2.45. The van der Waals surface area contributed by atoms with Crippen molar-refractivity contribution in [2.45, 2.75) is 13.8 Å². The highest BCUT2D eigenvalue weighted by Gasteiger charge is 2.12. The first-order valence-corrected chi connectivity index (χ1v) is 6.03. The summed E-state index contributed by atoms with van der Waals surface area (Å²) < 4.78 is 0. The van der Waals surface area contributed by atoms with Gasteiger partial charge in [-0.25, -0.2) is 4.98 Å². The molecule has 17 heavy (non-hydrogen) atoms. The van der Waals surface area contributed by atoms with Crippen LogP contribution >= 0.6 is 11.3 Å². The zero-order valence-electron chi connectivity index (χ0n) is 9.65. The number of anilines is 2. The number of hydrogen-bond acceptors (Lipinski definition) is 4. The molecule has 0 atom stereocenters. The predicted molar refractivity (Wildman–Crippen MR) is 70.4 cm³/mol. The summed E-state index contributed by atoms with van der Waals surface area (Å²) in [4.78, 5) is 16.6. The molecule has 0 saturated heterocycles. The molecule has 1 aromatic heterocycles. The second kappa shape index (κ2) is 4.55. The van der Waals surface area contributed by atoms with Gasteiger partial charge < -0.3 is 11.1 Å². The van der Waals surface area contributed by atoms with E-state index in [1.165, 1.54) is 11.3 Å². The Bertz CT molecular complexity index is 563. The molecule has 3 N–H and O–H groups in total. The lowest BCUT2D eigenvalue weighted by Gasteiger charge is -2.08. The molecule has 0 unspecified atom stereocenters. The molecule has 0 bridgehead atoms. The average Bonchev–Trinajstić information content (AvgIpc) is 2.70. The molecular weight excluding hydrogens is 234 g/mol. The van der Waals surface area contributed by atoms with Gasteiger partial charge in [0.05, 0.1) is 22.6 Å². The Hall–Kier alpha value is -1.88. The summed E-state index contributed by atoms with van der Waals surface area (Å²) in [5.41, 5.74) is 10.4. The number of nitrogen functional groups attached to an aromatic ring is 1. The van der Waals surface area contributed by atoms with E-state index in [9.17, 15) is 4.79 Å². The molecule has 0 radical (unpaired) electrons. The Balaban J connectivity index is 2.24. The van der Waals surface area contributed by atoms with Gasteiger partial charge in [-0.1, -0.05) is 6.07 Å². The first-order chi connectivity index (χ1) is 8.08. The van der Waals surface area contributed by atoms with Crippen molar-refractivity contribution in [2.24, 2.45) is 0 Å². The van der Waals surface area contributed by atoms with Crippen LogP contribution in [0.15, 0.2) is 23.7 Å². The molecule has 88 valence electrons. The van der Waals surface area contributed by atoms with E-state index in [-0.39, 0.29) is 5.91 Å². The predicted octanol–water partition coefficient (Wildman–Crippen LogP) is 2.59. The summed E-state index contributed by atoms with van der Waals surface area (Å²) in [7, 11) is 0. The maximum absolute atomic E-state index is 12.0. The van der Waals surface area contributed by atoms with Gasteiger partial charge in [0, 0.05) is 0 Å². The quantitative estimate of drug-likeness (QED) is 0.801. The van der Waals surface area contributed by atoms with Gasteiger partial charge in [-0.3, -0.25) is 4.79 Å². The molecule has 1 aromatic carbocycles. The molecule has 0 aliphatic heterocycles. The number of carbonyl (C=O) groups excluding carboxylic acids is 1. The summed E-state index contributed by atoms with van der Waals surface area (Å²) in [5.74, 6) is -0.165. The molecule has 1 heterocycles. The zero-order valence-corrected chi connectivity index (χ0v) is 10.5. The number of nitrogens with zero attached hydrogens (tertiary/aromatic N) is 1. The maximum Gasteiger partial charge on any atom is 0.267 e. The van der Waals surface area contributed by atoms with Crippen molar-refractivity contribution < 1.29 is 4.79 Å². The molecule has 2 aromatic rings. The molecule has 0 spiro atoms. The molecule has 5 heteroatoms. The number of aromatic nitrogens is 1. The fourth-order valence-electron chi connectivity index (χ4n) is 1.48. The lowest BCUT2D eigenvalue weighted by molar-refractivity contribution is 0.103. The van der Waals surface area contributed by atoms with Crippen molar-refractivity contribution in [2.75, 3.05) is 11.1 Å². The van der Waals surface area contributed by atoms with Crippen LogP contribution in [0.2, 0.25) is 0 Å². The van der Waals surface area contributed by atoms with E-state index in [1.54, 1.807) is 11.6 Å². The number of amides is 1. The van der Waals surface area contributed by atoms with Crippen molar-refractivity contribution in [3.8, 4) is 0 Å². The van der Waals surface area contributed by atoms with Crippen molar-refractivity contribution in [1.29, 1.82) is 0 Å². The van der Waals surface area contributed by atoms with Crippen LogP contribution in [-0.4, -0.2) is 10.9 Å². The van der Waals surface area contributed by atoms with Gasteiger partial charge in [0.2, 0.25) is 0 Å². The van der Waals surface area contributed by atoms with E-state index in [1.807, 2.05) is 26.0 Å². The smallest absolute Gasteiger partial charge is 0.267 e. The SMILES string of the molecule is Cc1ccc(N)c(NC(=O)c2scnc2C)c1. The lowest BCUT2D eigenvalue weighted by atomic mass is 10.2. The number of nitrogens with one attached hydrogen (secondary N) is 1. The number of aryl methyl sites for hydroxylation is 2. The number of hydrogen-bond donors (Lipinski definition) is 2. The minimum atomic E-state index is -0.165. The van der Waals surface area contributed by atoms with Crippen LogP contribution in [0.3, 0.4) is 0 Å². The van der Waals surface area contributed by atoms with Gasteiger partial charge in [-0.15, -0.1) is 11.3 Å². The van der Waals surface area contributed by atoms with Crippen LogP contribution in [0.25, 0.3) is 0 Å². The first-order valence-electron chi connectivity index (χ1n) is 5.15. The monoisotopic (exact) mass is 247 g/mol. The normalized spacial score (nSPS) is 10.2. The highest BCUT2D eigenvalue weighted by atomic mass is 32.1. The van der Waals surface area contributed by atoms with Crippen molar-refractivity contribution >= 4 is 28.6 Å². The average molecular weight is 247 g/mol. The van der Waals surface area contributed by atoms with Gasteiger partial charge in [0.15, 0.2) is 0 Å². The number of nitrogens with two attached hydrogens (primary N) is 1. The Morgan fingerprint density at radius 3 is 2.82 bits per heavy atom. The third-order valence-electron chi connectivity index (χ3n) is 2.41. The topological polar surface area (TPSA) is 68.0 Å². The van der Waals surface area contributed by atoms with E-state index in [0.29, 0.717) is 16.3 Å². The lowest BCUT2D eigenvalue weighted by Crippen LogP contribution is -2.13. The van der Waals surface area contributed by atoms with Crippen molar-refractivity contribution in [3.05, 3.63) is 39.8 Å². The molecule has 2 rings (SSSR count). The summed E-state index contributed by atoms with van der Waals surface area (Å²) in [6.07, 6.45) is 0. The largest absolute Gasteiger partial charge is 0.397 e. The Labute approximate surface area is 103 Å². The fraction of sp³-hybridized carbons (Fsp3) is 0.167. The first kappa shape index (κ1) is 11.6. The summed E-state index contributed by atoms with van der Waals surface area (Å²) >= 11 is 1.32. The number of thiazole rings is 1. The Morgan fingerprint density at radius 2 is 2.18 bits per heavy atom. The third-order valence-corrected chi connectivity index (χ3v) is 3.34. The van der Waals surface area contributed by atoms with E-state index in [2.05, 4.69) is 10.3 Å². The summed E-state index contributed by atoms with van der Waals surface area (Å²) in [6.45, 7) is 3.76. The van der Waals surface area contributed by atoms with Crippen LogP contribution < -0.4 is 11.1 Å². The number of benzene rings is 1. The minimum absolute atomic E-state index is 0.165. The molecule has 0 aliphatic rings. The van der Waals surface area contributed by atoms with Gasteiger partial charge in [-0.2, -0.15) is 0 Å². The molecule has 0 saturated carbocycles. The minimum Gasteiger partial charge on any atom is -0.397 e. The van der Waals surface area contributed by atoms with E-state index in [0.717, 1.165) is 11.3 Å². The second-order valence-electron chi connectivity index (χ2n) is 3.81. The molecule has 0 aliphatic carbocycles. The molecule has 1 amide bonds. The molecular formula is C12H13N3OS. The number of carbonyl (C=O) groups is 1. The van der Waals surface area contributed by atoms with Crippen LogP contribution in [0, 0.1) is 13.8 Å². The van der Waals surface area contributed by atoms with Crippen LogP contribution in [-0.2, 0) is 0 Å².